The minimum Gasteiger partial charge on any atom is -0.207 e. The molecule has 0 saturated carbocycles. The van der Waals surface area contributed by atoms with Gasteiger partial charge in [-0.15, -0.1) is 0 Å². The first kappa shape index (κ1) is 11.2. The first-order chi connectivity index (χ1) is 6.65. The summed E-state index contributed by atoms with van der Waals surface area (Å²) in [6.45, 7) is 4.10. The van der Waals surface area contributed by atoms with Crippen molar-refractivity contribution in [3.05, 3.63) is 35.4 Å². The number of halogens is 2. The zero-order valence-electron chi connectivity index (χ0n) is 8.69. The Labute approximate surface area is 84.0 Å². The van der Waals surface area contributed by atoms with Gasteiger partial charge in [0, 0.05) is 5.56 Å². The lowest BCUT2D eigenvalue weighted by atomic mass is 9.96. The van der Waals surface area contributed by atoms with Gasteiger partial charge in [-0.05, 0) is 24.5 Å². The van der Waals surface area contributed by atoms with Crippen LogP contribution in [0.25, 0.3) is 0 Å². The second-order valence-electron chi connectivity index (χ2n) is 3.80. The third-order valence-corrected chi connectivity index (χ3v) is 2.40. The number of benzene rings is 1. The Morgan fingerprint density at radius 2 is 1.79 bits per heavy atom. The van der Waals surface area contributed by atoms with Crippen molar-refractivity contribution in [3.63, 3.8) is 0 Å². The maximum atomic E-state index is 13.2. The van der Waals surface area contributed by atoms with E-state index in [0.29, 0.717) is 12.3 Å². The lowest BCUT2D eigenvalue weighted by Crippen LogP contribution is -2.04. The average Bonchev–Trinajstić information content (AvgIpc) is 2.12. The van der Waals surface area contributed by atoms with Crippen molar-refractivity contribution >= 4 is 0 Å². The molecule has 2 heteroatoms. The molecule has 0 aliphatic carbocycles. The molecule has 0 aliphatic rings. The van der Waals surface area contributed by atoms with Crippen LogP contribution in [0.4, 0.5) is 8.78 Å². The van der Waals surface area contributed by atoms with Crippen LogP contribution in [0.3, 0.4) is 0 Å². The summed E-state index contributed by atoms with van der Waals surface area (Å²) in [5.41, 5.74) is 0.230. The molecular weight excluding hydrogens is 182 g/mol. The van der Waals surface area contributed by atoms with Crippen molar-refractivity contribution < 1.29 is 8.78 Å². The largest absolute Gasteiger partial charge is 0.207 e. The van der Waals surface area contributed by atoms with E-state index in [0.717, 1.165) is 12.8 Å². The molecule has 0 amide bonds. The Balaban J connectivity index is 2.75. The minimum atomic E-state index is -0.423. The molecule has 14 heavy (non-hydrogen) atoms. The highest BCUT2D eigenvalue weighted by atomic mass is 19.1. The topological polar surface area (TPSA) is 0 Å². The SMILES string of the molecule is CCCC(C)Cc1c(F)cccc1F. The second-order valence-corrected chi connectivity index (χ2v) is 3.80. The highest BCUT2D eigenvalue weighted by Crippen LogP contribution is 2.18. The molecule has 1 atom stereocenters. The van der Waals surface area contributed by atoms with Crippen LogP contribution >= 0.6 is 0 Å². The Morgan fingerprint density at radius 1 is 1.21 bits per heavy atom. The van der Waals surface area contributed by atoms with Crippen molar-refractivity contribution in [2.45, 2.75) is 33.1 Å². The number of rotatable bonds is 4. The van der Waals surface area contributed by atoms with Crippen molar-refractivity contribution in [2.24, 2.45) is 5.92 Å². The zero-order valence-corrected chi connectivity index (χ0v) is 8.69. The Morgan fingerprint density at radius 3 is 2.29 bits per heavy atom. The highest BCUT2D eigenvalue weighted by Gasteiger charge is 2.11. The van der Waals surface area contributed by atoms with Crippen LogP contribution in [0.1, 0.15) is 32.3 Å². The Hall–Kier alpha value is -0.920. The van der Waals surface area contributed by atoms with E-state index in [1.165, 1.54) is 18.2 Å². The zero-order chi connectivity index (χ0) is 10.6. The van der Waals surface area contributed by atoms with Crippen LogP contribution in [0.15, 0.2) is 18.2 Å². The summed E-state index contributed by atoms with van der Waals surface area (Å²) in [6.07, 6.45) is 2.55. The molecule has 78 valence electrons. The molecule has 0 bridgehead atoms. The van der Waals surface area contributed by atoms with Crippen molar-refractivity contribution in [1.29, 1.82) is 0 Å². The maximum Gasteiger partial charge on any atom is 0.129 e. The van der Waals surface area contributed by atoms with Gasteiger partial charge in [0.15, 0.2) is 0 Å². The van der Waals surface area contributed by atoms with Crippen LogP contribution in [-0.4, -0.2) is 0 Å². The molecule has 0 spiro atoms. The summed E-state index contributed by atoms with van der Waals surface area (Å²) in [6, 6.07) is 4.03. The lowest BCUT2D eigenvalue weighted by molar-refractivity contribution is 0.480. The van der Waals surface area contributed by atoms with Gasteiger partial charge in [0.2, 0.25) is 0 Å². The van der Waals surface area contributed by atoms with Crippen LogP contribution in [0.2, 0.25) is 0 Å². The molecule has 0 fully saturated rings. The van der Waals surface area contributed by atoms with Gasteiger partial charge in [-0.2, -0.15) is 0 Å². The maximum absolute atomic E-state index is 13.2. The normalized spacial score (nSPS) is 12.9. The first-order valence-electron chi connectivity index (χ1n) is 5.08. The van der Waals surface area contributed by atoms with Crippen molar-refractivity contribution in [2.75, 3.05) is 0 Å². The molecule has 0 nitrogen and oxygen atoms in total. The quantitative estimate of drug-likeness (QED) is 0.687. The van der Waals surface area contributed by atoms with Gasteiger partial charge in [0.1, 0.15) is 11.6 Å². The molecule has 1 aromatic carbocycles. The predicted octanol–water partition coefficient (Wildman–Crippen LogP) is 3.94. The third kappa shape index (κ3) is 2.79. The number of hydrogen-bond donors (Lipinski definition) is 0. The summed E-state index contributed by atoms with van der Waals surface area (Å²) in [5, 5.41) is 0. The summed E-state index contributed by atoms with van der Waals surface area (Å²) >= 11 is 0. The van der Waals surface area contributed by atoms with Gasteiger partial charge in [-0.25, -0.2) is 8.78 Å². The van der Waals surface area contributed by atoms with Gasteiger partial charge < -0.3 is 0 Å². The predicted molar refractivity (Wildman–Crippen MR) is 54.1 cm³/mol. The van der Waals surface area contributed by atoms with Gasteiger partial charge in [0.05, 0.1) is 0 Å². The summed E-state index contributed by atoms with van der Waals surface area (Å²) in [7, 11) is 0. The second kappa shape index (κ2) is 5.08. The summed E-state index contributed by atoms with van der Waals surface area (Å²) in [4.78, 5) is 0. The van der Waals surface area contributed by atoms with E-state index in [1.54, 1.807) is 0 Å². The molecular formula is C12H16F2. The highest BCUT2D eigenvalue weighted by molar-refractivity contribution is 5.20. The number of hydrogen-bond acceptors (Lipinski definition) is 0. The molecule has 0 radical (unpaired) electrons. The van der Waals surface area contributed by atoms with E-state index in [4.69, 9.17) is 0 Å². The monoisotopic (exact) mass is 198 g/mol. The van der Waals surface area contributed by atoms with E-state index in [1.807, 2.05) is 6.92 Å². The van der Waals surface area contributed by atoms with E-state index in [-0.39, 0.29) is 5.56 Å². The third-order valence-electron chi connectivity index (χ3n) is 2.40. The molecule has 1 aromatic rings. The Kier molecular flexibility index (Phi) is 4.05. The van der Waals surface area contributed by atoms with Crippen LogP contribution in [-0.2, 0) is 6.42 Å². The van der Waals surface area contributed by atoms with Crippen molar-refractivity contribution in [1.82, 2.24) is 0 Å². The van der Waals surface area contributed by atoms with Gasteiger partial charge in [-0.3, -0.25) is 0 Å². The molecule has 0 aliphatic heterocycles. The molecule has 0 saturated heterocycles. The molecule has 1 unspecified atom stereocenters. The summed E-state index contributed by atoms with van der Waals surface area (Å²) in [5.74, 6) is -0.507. The van der Waals surface area contributed by atoms with Crippen LogP contribution < -0.4 is 0 Å². The fourth-order valence-corrected chi connectivity index (χ4v) is 1.67. The fourth-order valence-electron chi connectivity index (χ4n) is 1.67. The van der Waals surface area contributed by atoms with Gasteiger partial charge in [0.25, 0.3) is 0 Å². The van der Waals surface area contributed by atoms with Crippen LogP contribution in [0.5, 0.6) is 0 Å². The molecule has 0 aromatic heterocycles. The van der Waals surface area contributed by atoms with E-state index in [2.05, 4.69) is 6.92 Å². The molecule has 0 N–H and O–H groups in total. The van der Waals surface area contributed by atoms with Crippen LogP contribution in [0, 0.1) is 17.6 Å². The van der Waals surface area contributed by atoms with Crippen molar-refractivity contribution in [3.8, 4) is 0 Å². The Bertz CT molecular complexity index is 274. The standard InChI is InChI=1S/C12H16F2/c1-3-5-9(2)8-10-11(13)6-4-7-12(10)14/h4,6-7,9H,3,5,8H2,1-2H3. The van der Waals surface area contributed by atoms with E-state index in [9.17, 15) is 8.78 Å². The lowest BCUT2D eigenvalue weighted by Gasteiger charge is -2.11. The van der Waals surface area contributed by atoms with Gasteiger partial charge in [-0.1, -0.05) is 32.8 Å². The summed E-state index contributed by atoms with van der Waals surface area (Å²) < 4.78 is 26.4. The molecule has 0 heterocycles. The van der Waals surface area contributed by atoms with E-state index < -0.39 is 11.6 Å². The fraction of sp³-hybridized carbons (Fsp3) is 0.500. The van der Waals surface area contributed by atoms with E-state index >= 15 is 0 Å². The minimum absolute atomic E-state index is 0.230. The van der Waals surface area contributed by atoms with Gasteiger partial charge >= 0.3 is 0 Å². The average molecular weight is 198 g/mol. The smallest absolute Gasteiger partial charge is 0.129 e. The first-order valence-corrected chi connectivity index (χ1v) is 5.08. The molecule has 1 rings (SSSR count).